The smallest absolute Gasteiger partial charge is 0.214 e. The number of benzene rings is 1. The van der Waals surface area contributed by atoms with E-state index in [2.05, 4.69) is 9.97 Å². The second-order valence-corrected chi connectivity index (χ2v) is 4.63. The van der Waals surface area contributed by atoms with Crippen LogP contribution in [0.3, 0.4) is 0 Å². The van der Waals surface area contributed by atoms with E-state index in [-0.39, 0.29) is 5.78 Å². The molecule has 0 fully saturated rings. The van der Waals surface area contributed by atoms with Crippen LogP contribution in [-0.2, 0) is 0 Å². The number of carbonyl (C=O) groups is 1. The molecule has 0 aliphatic heterocycles. The van der Waals surface area contributed by atoms with E-state index < -0.39 is 0 Å². The topological polar surface area (TPSA) is 52.1 Å². The van der Waals surface area contributed by atoms with Crippen LogP contribution in [0.1, 0.15) is 16.1 Å². The third-order valence-electron chi connectivity index (χ3n) is 3.61. The number of carbonyl (C=O) groups excluding carboxylic acids is 1. The van der Waals surface area contributed by atoms with Gasteiger partial charge in [0.2, 0.25) is 5.78 Å². The minimum Gasteiger partial charge on any atom is -0.496 e. The van der Waals surface area contributed by atoms with Gasteiger partial charge in [0.25, 0.3) is 0 Å². The van der Waals surface area contributed by atoms with Crippen molar-refractivity contribution in [2.75, 3.05) is 7.11 Å². The van der Waals surface area contributed by atoms with Gasteiger partial charge in [0.05, 0.1) is 23.6 Å². The summed E-state index contributed by atoms with van der Waals surface area (Å²) in [6.45, 7) is 0. The minimum absolute atomic E-state index is 0.0732. The molecule has 0 saturated carbocycles. The lowest BCUT2D eigenvalue weighted by Gasteiger charge is -2.09. The summed E-state index contributed by atoms with van der Waals surface area (Å²) in [4.78, 5) is 21.0. The number of fused-ring (bicyclic) bond motifs is 5. The van der Waals surface area contributed by atoms with E-state index in [0.29, 0.717) is 11.3 Å². The summed E-state index contributed by atoms with van der Waals surface area (Å²) in [6, 6.07) is 9.43. The Bertz CT molecular complexity index is 871. The Kier molecular flexibility index (Phi) is 2.15. The zero-order valence-corrected chi connectivity index (χ0v) is 10.8. The van der Waals surface area contributed by atoms with Crippen LogP contribution < -0.4 is 4.74 Å². The lowest BCUT2D eigenvalue weighted by Crippen LogP contribution is -1.98. The van der Waals surface area contributed by atoms with Gasteiger partial charge in [0.15, 0.2) is 0 Å². The first-order valence-electron chi connectivity index (χ1n) is 6.27. The first kappa shape index (κ1) is 11.1. The third-order valence-corrected chi connectivity index (χ3v) is 3.61. The first-order valence-corrected chi connectivity index (χ1v) is 6.27. The summed E-state index contributed by atoms with van der Waals surface area (Å²) in [5, 5.41) is 0.868. The van der Waals surface area contributed by atoms with Crippen molar-refractivity contribution in [2.24, 2.45) is 0 Å². The van der Waals surface area contributed by atoms with Gasteiger partial charge in [-0.1, -0.05) is 12.1 Å². The molecule has 4 rings (SSSR count). The zero-order chi connectivity index (χ0) is 13.7. The number of pyridine rings is 2. The maximum atomic E-state index is 12.4. The standard InChI is InChI=1S/C16H10N2O2/c1-20-12-6-2-5-11-14(12)13-9-4-3-7-17-15(9)16(19)10(13)8-18-11/h2-8H,1H3. The van der Waals surface area contributed by atoms with E-state index in [9.17, 15) is 4.79 Å². The molecule has 1 aromatic carbocycles. The van der Waals surface area contributed by atoms with E-state index in [4.69, 9.17) is 4.74 Å². The first-order chi connectivity index (χ1) is 9.81. The van der Waals surface area contributed by atoms with Gasteiger partial charge in [-0.2, -0.15) is 0 Å². The van der Waals surface area contributed by atoms with E-state index >= 15 is 0 Å². The summed E-state index contributed by atoms with van der Waals surface area (Å²) in [5.74, 6) is 0.646. The SMILES string of the molecule is COc1cccc2ncc3c(c12)-c1cccnc1C3=O. The number of methoxy groups -OCH3 is 1. The normalized spacial score (nSPS) is 12.3. The van der Waals surface area contributed by atoms with E-state index in [1.807, 2.05) is 30.3 Å². The van der Waals surface area contributed by atoms with Crippen LogP contribution in [0.15, 0.2) is 42.7 Å². The van der Waals surface area contributed by atoms with Crippen molar-refractivity contribution in [1.82, 2.24) is 9.97 Å². The van der Waals surface area contributed by atoms with Gasteiger partial charge < -0.3 is 4.74 Å². The monoisotopic (exact) mass is 262 g/mol. The molecule has 2 aromatic heterocycles. The summed E-state index contributed by atoms with van der Waals surface area (Å²) in [7, 11) is 1.62. The highest BCUT2D eigenvalue weighted by atomic mass is 16.5. The van der Waals surface area contributed by atoms with Gasteiger partial charge >= 0.3 is 0 Å². The second kappa shape index (κ2) is 3.87. The molecular formula is C16H10N2O2. The van der Waals surface area contributed by atoms with Crippen molar-refractivity contribution in [3.63, 3.8) is 0 Å². The summed E-state index contributed by atoms with van der Waals surface area (Å²) >= 11 is 0. The van der Waals surface area contributed by atoms with Crippen LogP contribution in [0.5, 0.6) is 5.75 Å². The molecule has 0 unspecified atom stereocenters. The number of ketones is 1. The molecule has 0 amide bonds. The van der Waals surface area contributed by atoms with Crippen molar-refractivity contribution >= 4 is 16.7 Å². The maximum Gasteiger partial charge on any atom is 0.214 e. The number of ether oxygens (including phenoxy) is 1. The highest BCUT2D eigenvalue weighted by Crippen LogP contribution is 2.42. The fraction of sp³-hybridized carbons (Fsp3) is 0.0625. The average Bonchev–Trinajstić information content (AvgIpc) is 2.80. The molecule has 0 spiro atoms. The fourth-order valence-corrected chi connectivity index (χ4v) is 2.75. The van der Waals surface area contributed by atoms with E-state index in [1.165, 1.54) is 0 Å². The summed E-state index contributed by atoms with van der Waals surface area (Å²) in [6.07, 6.45) is 3.26. The van der Waals surface area contributed by atoms with Crippen LogP contribution in [0, 0.1) is 0 Å². The predicted octanol–water partition coefficient (Wildman–Crippen LogP) is 2.85. The lowest BCUT2D eigenvalue weighted by molar-refractivity contribution is 0.103. The Labute approximate surface area is 115 Å². The highest BCUT2D eigenvalue weighted by molar-refractivity contribution is 6.25. The molecule has 4 nitrogen and oxygen atoms in total. The van der Waals surface area contributed by atoms with E-state index in [0.717, 1.165) is 27.8 Å². The molecule has 3 aromatic rings. The van der Waals surface area contributed by atoms with Crippen molar-refractivity contribution in [2.45, 2.75) is 0 Å². The van der Waals surface area contributed by atoms with Gasteiger partial charge in [-0.05, 0) is 18.2 Å². The zero-order valence-electron chi connectivity index (χ0n) is 10.8. The molecule has 0 bridgehead atoms. The number of hydrogen-bond acceptors (Lipinski definition) is 4. The largest absolute Gasteiger partial charge is 0.496 e. The Morgan fingerprint density at radius 1 is 1.05 bits per heavy atom. The number of nitrogens with zero attached hydrogens (tertiary/aromatic N) is 2. The van der Waals surface area contributed by atoms with Gasteiger partial charge in [-0.25, -0.2) is 0 Å². The molecule has 1 aliphatic carbocycles. The molecular weight excluding hydrogens is 252 g/mol. The number of rotatable bonds is 1. The minimum atomic E-state index is -0.0732. The second-order valence-electron chi connectivity index (χ2n) is 4.63. The third kappa shape index (κ3) is 1.28. The lowest BCUT2D eigenvalue weighted by atomic mass is 10.0. The Hall–Kier alpha value is -2.75. The van der Waals surface area contributed by atoms with Crippen LogP contribution in [0.4, 0.5) is 0 Å². The molecule has 0 radical (unpaired) electrons. The van der Waals surface area contributed by atoms with Crippen molar-refractivity contribution < 1.29 is 9.53 Å². The Balaban J connectivity index is 2.22. The Morgan fingerprint density at radius 2 is 1.95 bits per heavy atom. The van der Waals surface area contributed by atoms with Crippen molar-refractivity contribution in [1.29, 1.82) is 0 Å². The van der Waals surface area contributed by atoms with Crippen LogP contribution in [0.25, 0.3) is 22.0 Å². The molecule has 4 heteroatoms. The molecule has 1 aliphatic rings. The van der Waals surface area contributed by atoms with Crippen LogP contribution in [-0.4, -0.2) is 22.9 Å². The van der Waals surface area contributed by atoms with Gasteiger partial charge in [0.1, 0.15) is 11.4 Å². The highest BCUT2D eigenvalue weighted by Gasteiger charge is 2.30. The van der Waals surface area contributed by atoms with Crippen LogP contribution in [0.2, 0.25) is 0 Å². The summed E-state index contributed by atoms with van der Waals surface area (Å²) < 4.78 is 5.43. The molecule has 2 heterocycles. The molecule has 96 valence electrons. The predicted molar refractivity (Wildman–Crippen MR) is 75.0 cm³/mol. The Morgan fingerprint density at radius 3 is 2.80 bits per heavy atom. The van der Waals surface area contributed by atoms with Gasteiger partial charge in [-0.15, -0.1) is 0 Å². The van der Waals surface area contributed by atoms with E-state index in [1.54, 1.807) is 19.5 Å². The average molecular weight is 262 g/mol. The quantitative estimate of drug-likeness (QED) is 0.529. The van der Waals surface area contributed by atoms with Crippen LogP contribution >= 0.6 is 0 Å². The molecule has 0 atom stereocenters. The maximum absolute atomic E-state index is 12.4. The van der Waals surface area contributed by atoms with Gasteiger partial charge in [0, 0.05) is 23.5 Å². The summed E-state index contributed by atoms with van der Waals surface area (Å²) in [5.41, 5.74) is 3.62. The molecule has 20 heavy (non-hydrogen) atoms. The van der Waals surface area contributed by atoms with Crippen molar-refractivity contribution in [3.8, 4) is 16.9 Å². The number of aromatic nitrogens is 2. The molecule has 0 N–H and O–H groups in total. The number of hydrogen-bond donors (Lipinski definition) is 0. The van der Waals surface area contributed by atoms with Gasteiger partial charge in [-0.3, -0.25) is 14.8 Å². The fourth-order valence-electron chi connectivity index (χ4n) is 2.75. The molecule has 0 saturated heterocycles. The van der Waals surface area contributed by atoms with Crippen molar-refractivity contribution in [3.05, 3.63) is 54.0 Å².